The molecule has 7 heteroatoms. The number of nitrogens with one attached hydrogen (secondary N) is 1. The fourth-order valence-corrected chi connectivity index (χ4v) is 4.12. The van der Waals surface area contributed by atoms with Gasteiger partial charge in [-0.3, -0.25) is 0 Å². The molecule has 0 aliphatic heterocycles. The van der Waals surface area contributed by atoms with Gasteiger partial charge in [0.05, 0.1) is 24.8 Å². The first kappa shape index (κ1) is 22.8. The Kier molecular flexibility index (Phi) is 6.38. The fraction of sp³-hybridized carbons (Fsp3) is 0.231. The number of ether oxygens (including phenoxy) is 2. The molecule has 0 amide bonds. The Labute approximate surface area is 197 Å². The summed E-state index contributed by atoms with van der Waals surface area (Å²) in [6, 6.07) is 14.4. The number of anilines is 1. The van der Waals surface area contributed by atoms with Crippen LogP contribution in [0.3, 0.4) is 0 Å². The minimum Gasteiger partial charge on any atom is -0.493 e. The second-order valence-electron chi connectivity index (χ2n) is 7.89. The van der Waals surface area contributed by atoms with Crippen LogP contribution in [-0.4, -0.2) is 24.2 Å². The third-order valence-electron chi connectivity index (χ3n) is 5.63. The molecule has 5 nitrogen and oxygen atoms in total. The van der Waals surface area contributed by atoms with Gasteiger partial charge in [0.25, 0.3) is 0 Å². The van der Waals surface area contributed by atoms with E-state index in [1.807, 2.05) is 57.2 Å². The highest BCUT2D eigenvalue weighted by atomic mass is 35.5. The highest BCUT2D eigenvalue weighted by molar-refractivity contribution is 6.34. The summed E-state index contributed by atoms with van der Waals surface area (Å²) in [6.07, 6.45) is 0. The number of fused-ring (bicyclic) bond motifs is 1. The molecule has 1 N–H and O–H groups in total. The number of methoxy groups -OCH3 is 2. The summed E-state index contributed by atoms with van der Waals surface area (Å²) in [6.45, 7) is 5.73. The normalized spacial score (nSPS) is 12.0. The van der Waals surface area contributed by atoms with Crippen LogP contribution in [0.1, 0.15) is 29.9 Å². The van der Waals surface area contributed by atoms with E-state index in [4.69, 9.17) is 21.1 Å². The van der Waals surface area contributed by atoms with Crippen molar-refractivity contribution in [3.63, 3.8) is 0 Å². The number of aryl methyl sites for hydroxylation is 2. The van der Waals surface area contributed by atoms with E-state index < -0.39 is 0 Å². The molecular weight excluding hydrogens is 441 g/mol. The summed E-state index contributed by atoms with van der Waals surface area (Å²) in [5, 5.41) is 4.71. The molecule has 0 saturated heterocycles. The van der Waals surface area contributed by atoms with E-state index in [0.717, 1.165) is 27.6 Å². The standard InChI is InChI=1S/C26H25ClFN3O2/c1-14-9-10-20(28)24(25(14)27)18-8-6-7-17(11-18)15(2)29-26-19-12-22(32-4)23(33-5)13-21(19)30-16(3)31-26/h6-13,15H,1-5H3,(H,29,30,31). The molecule has 33 heavy (non-hydrogen) atoms. The van der Waals surface area contributed by atoms with Crippen LogP contribution in [0.2, 0.25) is 5.02 Å². The summed E-state index contributed by atoms with van der Waals surface area (Å²) in [5.74, 6) is 2.16. The molecule has 3 aromatic carbocycles. The molecule has 4 rings (SSSR count). The Bertz CT molecular complexity index is 1340. The molecule has 0 fully saturated rings. The van der Waals surface area contributed by atoms with Gasteiger partial charge in [0, 0.05) is 23.1 Å². The number of aromatic nitrogens is 2. The van der Waals surface area contributed by atoms with Gasteiger partial charge in [-0.1, -0.05) is 35.9 Å². The zero-order chi connectivity index (χ0) is 23.7. The van der Waals surface area contributed by atoms with Crippen molar-refractivity contribution in [1.82, 2.24) is 9.97 Å². The molecule has 170 valence electrons. The monoisotopic (exact) mass is 465 g/mol. The predicted octanol–water partition coefficient (Wildman–Crippen LogP) is 6.90. The quantitative estimate of drug-likeness (QED) is 0.335. The first-order valence-electron chi connectivity index (χ1n) is 10.5. The molecule has 0 bridgehead atoms. The van der Waals surface area contributed by atoms with Gasteiger partial charge in [-0.15, -0.1) is 0 Å². The number of rotatable bonds is 6. The molecule has 1 heterocycles. The predicted molar refractivity (Wildman–Crippen MR) is 131 cm³/mol. The lowest BCUT2D eigenvalue weighted by atomic mass is 9.98. The Morgan fingerprint density at radius 3 is 2.42 bits per heavy atom. The van der Waals surface area contributed by atoms with Crippen molar-refractivity contribution in [1.29, 1.82) is 0 Å². The Balaban J connectivity index is 1.73. The maximum atomic E-state index is 14.6. The van der Waals surface area contributed by atoms with Crippen LogP contribution in [-0.2, 0) is 0 Å². The number of halogens is 2. The Hall–Kier alpha value is -3.38. The minimum absolute atomic E-state index is 0.123. The summed E-state index contributed by atoms with van der Waals surface area (Å²) < 4.78 is 25.5. The van der Waals surface area contributed by atoms with Crippen molar-refractivity contribution in [3.05, 3.63) is 76.3 Å². The van der Waals surface area contributed by atoms with Gasteiger partial charge in [0.2, 0.25) is 0 Å². The van der Waals surface area contributed by atoms with E-state index in [1.54, 1.807) is 20.3 Å². The van der Waals surface area contributed by atoms with E-state index in [1.165, 1.54) is 6.07 Å². The van der Waals surface area contributed by atoms with Gasteiger partial charge in [-0.2, -0.15) is 0 Å². The van der Waals surface area contributed by atoms with Crippen LogP contribution in [0.4, 0.5) is 10.2 Å². The second-order valence-corrected chi connectivity index (χ2v) is 8.27. The van der Waals surface area contributed by atoms with Gasteiger partial charge < -0.3 is 14.8 Å². The fourth-order valence-electron chi connectivity index (χ4n) is 3.86. The van der Waals surface area contributed by atoms with Crippen LogP contribution < -0.4 is 14.8 Å². The third kappa shape index (κ3) is 4.44. The number of nitrogens with zero attached hydrogens (tertiary/aromatic N) is 2. The lowest BCUT2D eigenvalue weighted by Gasteiger charge is -2.19. The molecule has 0 aliphatic rings. The van der Waals surface area contributed by atoms with E-state index in [-0.39, 0.29) is 11.9 Å². The summed E-state index contributed by atoms with van der Waals surface area (Å²) >= 11 is 6.44. The molecule has 0 radical (unpaired) electrons. The van der Waals surface area contributed by atoms with E-state index in [2.05, 4.69) is 15.3 Å². The molecule has 1 atom stereocenters. The second kappa shape index (κ2) is 9.24. The lowest BCUT2D eigenvalue weighted by Crippen LogP contribution is -2.10. The Morgan fingerprint density at radius 2 is 1.70 bits per heavy atom. The van der Waals surface area contributed by atoms with Crippen molar-refractivity contribution < 1.29 is 13.9 Å². The number of hydrogen-bond acceptors (Lipinski definition) is 5. The highest BCUT2D eigenvalue weighted by Crippen LogP contribution is 2.37. The van der Waals surface area contributed by atoms with Crippen molar-refractivity contribution in [3.8, 4) is 22.6 Å². The van der Waals surface area contributed by atoms with Crippen LogP contribution in [0.15, 0.2) is 48.5 Å². The van der Waals surface area contributed by atoms with Gasteiger partial charge >= 0.3 is 0 Å². The van der Waals surface area contributed by atoms with E-state index in [9.17, 15) is 4.39 Å². The zero-order valence-electron chi connectivity index (χ0n) is 19.2. The highest BCUT2D eigenvalue weighted by Gasteiger charge is 2.17. The smallest absolute Gasteiger partial charge is 0.162 e. The van der Waals surface area contributed by atoms with Gasteiger partial charge in [-0.05, 0) is 55.7 Å². The molecule has 1 aromatic heterocycles. The summed E-state index contributed by atoms with van der Waals surface area (Å²) in [5.41, 5.74) is 3.68. The zero-order valence-corrected chi connectivity index (χ0v) is 19.9. The van der Waals surface area contributed by atoms with E-state index in [0.29, 0.717) is 33.7 Å². The third-order valence-corrected chi connectivity index (χ3v) is 6.11. The first-order valence-corrected chi connectivity index (χ1v) is 10.9. The van der Waals surface area contributed by atoms with Crippen LogP contribution in [0.25, 0.3) is 22.0 Å². The van der Waals surface area contributed by atoms with Gasteiger partial charge in [0.1, 0.15) is 17.5 Å². The largest absolute Gasteiger partial charge is 0.493 e. The molecule has 0 aliphatic carbocycles. The van der Waals surface area contributed by atoms with Crippen molar-refractivity contribution >= 4 is 28.3 Å². The SMILES string of the molecule is COc1cc2nc(C)nc(NC(C)c3cccc(-c4c(F)ccc(C)c4Cl)c3)c2cc1OC. The van der Waals surface area contributed by atoms with E-state index >= 15 is 0 Å². The van der Waals surface area contributed by atoms with Crippen molar-refractivity contribution in [2.45, 2.75) is 26.8 Å². The van der Waals surface area contributed by atoms with Crippen LogP contribution in [0.5, 0.6) is 11.5 Å². The Morgan fingerprint density at radius 1 is 0.970 bits per heavy atom. The molecule has 0 saturated carbocycles. The molecule has 4 aromatic rings. The molecular formula is C26H25ClFN3O2. The van der Waals surface area contributed by atoms with Crippen molar-refractivity contribution in [2.24, 2.45) is 0 Å². The lowest BCUT2D eigenvalue weighted by molar-refractivity contribution is 0.356. The summed E-state index contributed by atoms with van der Waals surface area (Å²) in [4.78, 5) is 9.16. The van der Waals surface area contributed by atoms with Crippen LogP contribution in [0, 0.1) is 19.7 Å². The van der Waals surface area contributed by atoms with Crippen molar-refractivity contribution in [2.75, 3.05) is 19.5 Å². The van der Waals surface area contributed by atoms with Crippen LogP contribution >= 0.6 is 11.6 Å². The molecule has 0 spiro atoms. The topological polar surface area (TPSA) is 56.3 Å². The summed E-state index contributed by atoms with van der Waals surface area (Å²) in [7, 11) is 3.19. The first-order chi connectivity index (χ1) is 15.8. The number of benzene rings is 3. The maximum absolute atomic E-state index is 14.6. The maximum Gasteiger partial charge on any atom is 0.162 e. The average Bonchev–Trinajstić information content (AvgIpc) is 2.81. The van der Waals surface area contributed by atoms with Gasteiger partial charge in [0.15, 0.2) is 11.5 Å². The molecule has 1 unspecified atom stereocenters. The number of hydrogen-bond donors (Lipinski definition) is 1. The minimum atomic E-state index is -0.346. The average molecular weight is 466 g/mol. The van der Waals surface area contributed by atoms with Gasteiger partial charge in [-0.25, -0.2) is 14.4 Å².